The molecule has 22 heavy (non-hydrogen) atoms. The van der Waals surface area contributed by atoms with Gasteiger partial charge in [0.05, 0.1) is 6.54 Å². The van der Waals surface area contributed by atoms with E-state index in [1.165, 1.54) is 0 Å². The van der Waals surface area contributed by atoms with Crippen LogP contribution in [0.15, 0.2) is 0 Å². The predicted octanol–water partition coefficient (Wildman–Crippen LogP) is 3.55. The summed E-state index contributed by atoms with van der Waals surface area (Å²) in [6.45, 7) is 16.8. The summed E-state index contributed by atoms with van der Waals surface area (Å²) in [7, 11) is 0. The van der Waals surface area contributed by atoms with Crippen LogP contribution in [-0.2, 0) is 14.3 Å². The lowest BCUT2D eigenvalue weighted by Gasteiger charge is -2.35. The Kier molecular flexibility index (Phi) is 11.0. The maximum absolute atomic E-state index is 10.6. The monoisotopic (exact) mass is 381 g/mol. The molecular formula is C16H32BrNO4. The van der Waals surface area contributed by atoms with Crippen LogP contribution in [0.2, 0.25) is 0 Å². The molecule has 0 radical (unpaired) electrons. The van der Waals surface area contributed by atoms with Gasteiger partial charge in [0.25, 0.3) is 0 Å². The summed E-state index contributed by atoms with van der Waals surface area (Å²) in [6, 6.07) is 0. The van der Waals surface area contributed by atoms with Crippen molar-refractivity contribution >= 4 is 27.9 Å². The van der Waals surface area contributed by atoms with Crippen LogP contribution in [0.5, 0.6) is 0 Å². The number of nitrogens with zero attached hydrogens (tertiary/aromatic N) is 1. The first-order valence-electron chi connectivity index (χ1n) is 7.43. The highest BCUT2D eigenvalue weighted by Gasteiger charge is 2.23. The number of carbonyl (C=O) groups is 2. The van der Waals surface area contributed by atoms with Gasteiger partial charge in [-0.05, 0) is 47.5 Å². The predicted molar refractivity (Wildman–Crippen MR) is 93.4 cm³/mol. The average molecular weight is 382 g/mol. The van der Waals surface area contributed by atoms with Crippen molar-refractivity contribution in [1.29, 1.82) is 0 Å². The molecule has 0 amide bonds. The molecule has 1 N–H and O–H groups in total. The van der Waals surface area contributed by atoms with Crippen molar-refractivity contribution in [2.45, 2.75) is 66.5 Å². The minimum atomic E-state index is -0.754. The molecule has 0 aromatic rings. The number of aliphatic carboxylic acids is 1. The second-order valence-electron chi connectivity index (χ2n) is 7.56. The van der Waals surface area contributed by atoms with E-state index in [4.69, 9.17) is 9.84 Å². The van der Waals surface area contributed by atoms with E-state index in [1.54, 1.807) is 0 Å². The van der Waals surface area contributed by atoms with Crippen molar-refractivity contribution in [1.82, 2.24) is 4.90 Å². The quantitative estimate of drug-likeness (QED) is 0.582. The molecule has 0 spiro atoms. The Morgan fingerprint density at radius 1 is 1.14 bits per heavy atom. The van der Waals surface area contributed by atoms with Gasteiger partial charge in [0, 0.05) is 12.1 Å². The molecule has 0 heterocycles. The molecular weight excluding hydrogens is 350 g/mol. The molecule has 0 aromatic carbocycles. The lowest BCUT2D eigenvalue weighted by molar-refractivity contribution is -0.151. The smallest absolute Gasteiger partial charge is 0.317 e. The summed E-state index contributed by atoms with van der Waals surface area (Å²) in [5, 5.41) is 8.99. The van der Waals surface area contributed by atoms with Crippen molar-refractivity contribution in [3.63, 3.8) is 0 Å². The van der Waals surface area contributed by atoms with Gasteiger partial charge in [-0.15, -0.1) is 0 Å². The first kappa shape index (κ1) is 23.6. The van der Waals surface area contributed by atoms with Crippen molar-refractivity contribution < 1.29 is 19.4 Å². The Morgan fingerprint density at radius 3 is 1.77 bits per heavy atom. The van der Waals surface area contributed by atoms with Crippen LogP contribution in [0.1, 0.15) is 55.4 Å². The molecule has 0 unspecified atom stereocenters. The number of rotatable bonds is 5. The number of halogens is 1. The molecule has 5 nitrogen and oxygen atoms in total. The number of carboxylic acids is 1. The molecule has 0 aliphatic rings. The van der Waals surface area contributed by atoms with Gasteiger partial charge in [0.2, 0.25) is 0 Å². The fraction of sp³-hybridized carbons (Fsp3) is 0.875. The van der Waals surface area contributed by atoms with Crippen LogP contribution in [0.3, 0.4) is 0 Å². The zero-order valence-electron chi connectivity index (χ0n) is 15.2. The van der Waals surface area contributed by atoms with E-state index in [0.29, 0.717) is 5.92 Å². The summed E-state index contributed by atoms with van der Waals surface area (Å²) in [4.78, 5) is 23.1. The molecule has 132 valence electrons. The molecule has 0 aliphatic heterocycles. The third kappa shape index (κ3) is 15.8. The number of carboxylic acid groups (broad SMARTS) is 1. The minimum Gasteiger partial charge on any atom is -0.480 e. The molecule has 0 fully saturated rings. The number of esters is 1. The van der Waals surface area contributed by atoms with E-state index in [0.717, 1.165) is 6.54 Å². The third-order valence-corrected chi connectivity index (χ3v) is 2.85. The Morgan fingerprint density at radius 2 is 1.59 bits per heavy atom. The van der Waals surface area contributed by atoms with Crippen LogP contribution in [0, 0.1) is 5.92 Å². The summed E-state index contributed by atoms with van der Waals surface area (Å²) >= 11 is 2.99. The number of alkyl halides is 1. The van der Waals surface area contributed by atoms with E-state index in [9.17, 15) is 9.59 Å². The molecule has 0 aliphatic carbocycles. The van der Waals surface area contributed by atoms with Gasteiger partial charge in [0.1, 0.15) is 10.9 Å². The van der Waals surface area contributed by atoms with Crippen LogP contribution >= 0.6 is 15.9 Å². The second kappa shape index (κ2) is 10.2. The van der Waals surface area contributed by atoms with E-state index in [-0.39, 0.29) is 29.0 Å². The molecule has 0 aromatic heterocycles. The standard InChI is InChI=1S/C10H21NO2.C6H11BrO2/c1-8(2)6-11(7-9(12)13)10(3,4)5;1-6(2,3)9-5(8)4-7/h8H,6-7H2,1-5H3,(H,12,13);4H2,1-3H3. The van der Waals surface area contributed by atoms with Gasteiger partial charge in [-0.3, -0.25) is 14.5 Å². The zero-order chi connectivity index (χ0) is 18.1. The summed E-state index contributed by atoms with van der Waals surface area (Å²) in [5.74, 6) is -0.475. The number of hydrogen-bond donors (Lipinski definition) is 1. The minimum absolute atomic E-state index is 0.0668. The number of ether oxygens (including phenoxy) is 1. The van der Waals surface area contributed by atoms with Crippen molar-refractivity contribution in [3.05, 3.63) is 0 Å². The highest BCUT2D eigenvalue weighted by atomic mass is 79.9. The first-order chi connectivity index (χ1) is 9.69. The highest BCUT2D eigenvalue weighted by Crippen LogP contribution is 2.14. The largest absolute Gasteiger partial charge is 0.480 e. The van der Waals surface area contributed by atoms with E-state index < -0.39 is 5.97 Å². The maximum atomic E-state index is 10.6. The van der Waals surface area contributed by atoms with E-state index in [2.05, 4.69) is 29.8 Å². The zero-order valence-corrected chi connectivity index (χ0v) is 16.8. The molecule has 0 atom stereocenters. The molecule has 0 rings (SSSR count). The van der Waals surface area contributed by atoms with Crippen LogP contribution in [0.4, 0.5) is 0 Å². The van der Waals surface area contributed by atoms with Gasteiger partial charge in [-0.25, -0.2) is 0 Å². The van der Waals surface area contributed by atoms with E-state index >= 15 is 0 Å². The SMILES string of the molecule is CC(C)(C)OC(=O)CBr.CC(C)CN(CC(=O)O)C(C)(C)C. The van der Waals surface area contributed by atoms with Gasteiger partial charge in [-0.1, -0.05) is 29.8 Å². The summed E-state index contributed by atoms with van der Waals surface area (Å²) in [5.41, 5.74) is -0.423. The van der Waals surface area contributed by atoms with Crippen molar-refractivity contribution in [2.75, 3.05) is 18.4 Å². The Hall–Kier alpha value is -0.620. The lowest BCUT2D eigenvalue weighted by Crippen LogP contribution is -2.46. The van der Waals surface area contributed by atoms with Crippen molar-refractivity contribution in [2.24, 2.45) is 5.92 Å². The molecule has 0 saturated carbocycles. The maximum Gasteiger partial charge on any atom is 0.317 e. The van der Waals surface area contributed by atoms with Crippen molar-refractivity contribution in [3.8, 4) is 0 Å². The van der Waals surface area contributed by atoms with Crippen LogP contribution in [0.25, 0.3) is 0 Å². The average Bonchev–Trinajstić information content (AvgIpc) is 2.24. The lowest BCUT2D eigenvalue weighted by atomic mass is 10.0. The molecule has 0 bridgehead atoms. The van der Waals surface area contributed by atoms with E-state index in [1.807, 2.05) is 46.4 Å². The van der Waals surface area contributed by atoms with Gasteiger partial charge < -0.3 is 9.84 Å². The normalized spacial score (nSPS) is 12.0. The Labute approximate surface area is 143 Å². The van der Waals surface area contributed by atoms with Gasteiger partial charge in [0.15, 0.2) is 0 Å². The summed E-state index contributed by atoms with van der Waals surface area (Å²) < 4.78 is 4.90. The molecule has 0 saturated heterocycles. The molecule has 6 heteroatoms. The Bertz CT molecular complexity index is 343. The fourth-order valence-electron chi connectivity index (χ4n) is 1.55. The number of carbonyl (C=O) groups excluding carboxylic acids is 1. The second-order valence-corrected chi connectivity index (χ2v) is 8.12. The topological polar surface area (TPSA) is 66.8 Å². The van der Waals surface area contributed by atoms with Gasteiger partial charge >= 0.3 is 11.9 Å². The van der Waals surface area contributed by atoms with Gasteiger partial charge in [-0.2, -0.15) is 0 Å². The third-order valence-electron chi connectivity index (χ3n) is 2.39. The number of hydrogen-bond acceptors (Lipinski definition) is 4. The van der Waals surface area contributed by atoms with Crippen LogP contribution in [-0.4, -0.2) is 51.5 Å². The highest BCUT2D eigenvalue weighted by molar-refractivity contribution is 9.09. The first-order valence-corrected chi connectivity index (χ1v) is 8.55. The Balaban J connectivity index is 0. The van der Waals surface area contributed by atoms with Crippen LogP contribution < -0.4 is 0 Å². The fourth-order valence-corrected chi connectivity index (χ4v) is 1.66. The summed E-state index contributed by atoms with van der Waals surface area (Å²) in [6.07, 6.45) is 0.